The van der Waals surface area contributed by atoms with Crippen molar-refractivity contribution in [3.63, 3.8) is 0 Å². The standard InChI is InChI=1S/C29H25F2N3O4/c1-3-17-6-9-25-23(12-17)27-24(16-38-25)26(32-33(27)2)28(35)34(15-19-10-21(30)13-22(31)11-19)14-18-4-7-20(8-5-18)29(36)37/h4-13H,3,14-16H2,1-2H3,(H,36,37). The van der Waals surface area contributed by atoms with Gasteiger partial charge in [-0.15, -0.1) is 0 Å². The molecule has 0 spiro atoms. The Balaban J connectivity index is 1.54. The van der Waals surface area contributed by atoms with Crippen LogP contribution < -0.4 is 4.74 Å². The number of fused-ring (bicyclic) bond motifs is 3. The average Bonchev–Trinajstić information content (AvgIpc) is 3.24. The van der Waals surface area contributed by atoms with Gasteiger partial charge >= 0.3 is 5.97 Å². The highest BCUT2D eigenvalue weighted by Crippen LogP contribution is 2.39. The number of nitrogens with zero attached hydrogens (tertiary/aromatic N) is 3. The highest BCUT2D eigenvalue weighted by atomic mass is 19.1. The lowest BCUT2D eigenvalue weighted by atomic mass is 9.99. The van der Waals surface area contributed by atoms with E-state index in [1.807, 2.05) is 18.2 Å². The summed E-state index contributed by atoms with van der Waals surface area (Å²) in [6.45, 7) is 2.19. The Labute approximate surface area is 217 Å². The Morgan fingerprint density at radius 1 is 0.974 bits per heavy atom. The predicted octanol–water partition coefficient (Wildman–Crippen LogP) is 5.36. The van der Waals surface area contributed by atoms with Gasteiger partial charge in [-0.3, -0.25) is 9.48 Å². The second-order valence-electron chi connectivity index (χ2n) is 9.21. The van der Waals surface area contributed by atoms with Gasteiger partial charge in [-0.1, -0.05) is 25.1 Å². The molecule has 0 saturated carbocycles. The Bertz CT molecular complexity index is 1530. The van der Waals surface area contributed by atoms with Crippen LogP contribution in [0.1, 0.15) is 50.0 Å². The van der Waals surface area contributed by atoms with Crippen LogP contribution in [0, 0.1) is 11.6 Å². The molecule has 0 radical (unpaired) electrons. The summed E-state index contributed by atoms with van der Waals surface area (Å²) in [5.74, 6) is -2.28. The van der Waals surface area contributed by atoms with Crippen LogP contribution in [-0.4, -0.2) is 31.7 Å². The van der Waals surface area contributed by atoms with Gasteiger partial charge in [-0.2, -0.15) is 5.10 Å². The number of amides is 1. The second-order valence-corrected chi connectivity index (χ2v) is 9.21. The Morgan fingerprint density at radius 2 is 1.63 bits per heavy atom. The molecule has 194 valence electrons. The first-order valence-electron chi connectivity index (χ1n) is 12.1. The van der Waals surface area contributed by atoms with Crippen molar-refractivity contribution in [2.45, 2.75) is 33.0 Å². The number of carbonyl (C=O) groups excluding carboxylic acids is 1. The van der Waals surface area contributed by atoms with Crippen molar-refractivity contribution in [3.8, 4) is 17.0 Å². The number of hydrogen-bond donors (Lipinski definition) is 1. The third-order valence-electron chi connectivity index (χ3n) is 6.58. The fourth-order valence-electron chi connectivity index (χ4n) is 4.72. The van der Waals surface area contributed by atoms with Crippen LogP contribution >= 0.6 is 0 Å². The molecule has 1 aromatic heterocycles. The molecule has 0 bridgehead atoms. The van der Waals surface area contributed by atoms with E-state index < -0.39 is 23.5 Å². The van der Waals surface area contributed by atoms with Crippen molar-refractivity contribution in [1.82, 2.24) is 14.7 Å². The molecule has 9 heteroatoms. The lowest BCUT2D eigenvalue weighted by Crippen LogP contribution is -2.31. The highest BCUT2D eigenvalue weighted by molar-refractivity contribution is 5.96. The molecule has 1 aliphatic heterocycles. The molecule has 38 heavy (non-hydrogen) atoms. The lowest BCUT2D eigenvalue weighted by molar-refractivity contribution is 0.0692. The minimum Gasteiger partial charge on any atom is -0.488 e. The molecule has 1 aliphatic rings. The van der Waals surface area contributed by atoms with E-state index in [9.17, 15) is 23.5 Å². The molecule has 1 amide bonds. The number of halogens is 2. The minimum atomic E-state index is -1.06. The maximum absolute atomic E-state index is 13.9. The van der Waals surface area contributed by atoms with E-state index >= 15 is 0 Å². The van der Waals surface area contributed by atoms with Gasteiger partial charge in [-0.25, -0.2) is 13.6 Å². The third-order valence-corrected chi connectivity index (χ3v) is 6.58. The van der Waals surface area contributed by atoms with Gasteiger partial charge in [-0.05, 0) is 59.5 Å². The zero-order valence-corrected chi connectivity index (χ0v) is 20.9. The number of ether oxygens (including phenoxy) is 1. The first-order valence-corrected chi connectivity index (χ1v) is 12.1. The third kappa shape index (κ3) is 4.87. The molecule has 3 aromatic carbocycles. The molecule has 7 nitrogen and oxygen atoms in total. The number of benzene rings is 3. The van der Waals surface area contributed by atoms with Crippen LogP contribution in [0.15, 0.2) is 60.7 Å². The van der Waals surface area contributed by atoms with Crippen LogP contribution in [0.25, 0.3) is 11.3 Å². The summed E-state index contributed by atoms with van der Waals surface area (Å²) in [6, 6.07) is 15.2. The molecule has 2 heterocycles. The van der Waals surface area contributed by atoms with E-state index in [1.165, 1.54) is 29.2 Å². The largest absolute Gasteiger partial charge is 0.488 e. The predicted molar refractivity (Wildman–Crippen MR) is 136 cm³/mol. The molecule has 0 atom stereocenters. The van der Waals surface area contributed by atoms with Gasteiger partial charge in [0.05, 0.1) is 11.3 Å². The fraction of sp³-hybridized carbons (Fsp3) is 0.207. The van der Waals surface area contributed by atoms with Crippen molar-refractivity contribution in [2.75, 3.05) is 0 Å². The van der Waals surface area contributed by atoms with Crippen LogP contribution in [0.2, 0.25) is 0 Å². The van der Waals surface area contributed by atoms with Crippen LogP contribution in [0.3, 0.4) is 0 Å². The van der Waals surface area contributed by atoms with Crippen molar-refractivity contribution in [1.29, 1.82) is 0 Å². The Hall–Kier alpha value is -4.53. The van der Waals surface area contributed by atoms with Crippen LogP contribution in [0.4, 0.5) is 8.78 Å². The zero-order valence-electron chi connectivity index (χ0n) is 20.9. The van der Waals surface area contributed by atoms with Crippen molar-refractivity contribution < 1.29 is 28.2 Å². The second kappa shape index (κ2) is 10.1. The van der Waals surface area contributed by atoms with Gasteiger partial charge in [0.25, 0.3) is 5.91 Å². The van der Waals surface area contributed by atoms with Crippen molar-refractivity contribution in [2.24, 2.45) is 7.05 Å². The van der Waals surface area contributed by atoms with E-state index in [4.69, 9.17) is 4.74 Å². The first-order chi connectivity index (χ1) is 18.2. The number of aromatic nitrogens is 2. The summed E-state index contributed by atoms with van der Waals surface area (Å²) in [5.41, 5.74) is 4.61. The number of carboxylic acid groups (broad SMARTS) is 1. The topological polar surface area (TPSA) is 84.7 Å². The average molecular weight is 518 g/mol. The summed E-state index contributed by atoms with van der Waals surface area (Å²) in [5, 5.41) is 13.7. The fourth-order valence-corrected chi connectivity index (χ4v) is 4.72. The molecule has 0 saturated heterocycles. The van der Waals surface area contributed by atoms with E-state index in [-0.39, 0.29) is 36.5 Å². The summed E-state index contributed by atoms with van der Waals surface area (Å²) in [4.78, 5) is 26.6. The van der Waals surface area contributed by atoms with Gasteiger partial charge in [0.1, 0.15) is 24.0 Å². The molecule has 5 rings (SSSR count). The summed E-state index contributed by atoms with van der Waals surface area (Å²) >= 11 is 0. The summed E-state index contributed by atoms with van der Waals surface area (Å²) < 4.78 is 35.5. The smallest absolute Gasteiger partial charge is 0.335 e. The lowest BCUT2D eigenvalue weighted by Gasteiger charge is -2.24. The van der Waals surface area contributed by atoms with E-state index in [0.717, 1.165) is 29.3 Å². The number of aryl methyl sites for hydroxylation is 2. The molecule has 0 fully saturated rings. The number of carboxylic acids is 1. The normalized spacial score (nSPS) is 11.9. The minimum absolute atomic E-state index is 0.0691. The first kappa shape index (κ1) is 25.1. The number of hydrogen-bond acceptors (Lipinski definition) is 4. The highest BCUT2D eigenvalue weighted by Gasteiger charge is 2.31. The van der Waals surface area contributed by atoms with Crippen LogP contribution in [0.5, 0.6) is 5.75 Å². The zero-order chi connectivity index (χ0) is 27.0. The Morgan fingerprint density at radius 3 is 2.29 bits per heavy atom. The number of carbonyl (C=O) groups is 2. The van der Waals surface area contributed by atoms with Crippen molar-refractivity contribution >= 4 is 11.9 Å². The summed E-state index contributed by atoms with van der Waals surface area (Å²) in [6.07, 6.45) is 0.838. The van der Waals surface area contributed by atoms with Gasteiger partial charge in [0.15, 0.2) is 5.69 Å². The Kier molecular flexibility index (Phi) is 6.67. The molecular formula is C29H25F2N3O4. The van der Waals surface area contributed by atoms with Crippen molar-refractivity contribution in [3.05, 3.63) is 106 Å². The van der Waals surface area contributed by atoms with Gasteiger partial charge in [0.2, 0.25) is 0 Å². The maximum Gasteiger partial charge on any atom is 0.335 e. The van der Waals surface area contributed by atoms with E-state index in [1.54, 1.807) is 23.9 Å². The number of rotatable bonds is 7. The maximum atomic E-state index is 13.9. The van der Waals surface area contributed by atoms with E-state index in [2.05, 4.69) is 12.0 Å². The molecular weight excluding hydrogens is 492 g/mol. The quantitative estimate of drug-likeness (QED) is 0.357. The van der Waals surface area contributed by atoms with E-state index in [0.29, 0.717) is 16.9 Å². The molecule has 0 unspecified atom stereocenters. The SMILES string of the molecule is CCc1ccc2c(c1)-c1c(c(C(=O)N(Cc3ccc(C(=O)O)cc3)Cc3cc(F)cc(F)c3)nn1C)CO2. The molecule has 0 aliphatic carbocycles. The molecule has 1 N–H and O–H groups in total. The molecule has 4 aromatic rings. The van der Waals surface area contributed by atoms with Gasteiger partial charge < -0.3 is 14.7 Å². The van der Waals surface area contributed by atoms with Crippen LogP contribution in [-0.2, 0) is 33.2 Å². The number of aromatic carboxylic acids is 1. The monoisotopic (exact) mass is 517 g/mol. The summed E-state index contributed by atoms with van der Waals surface area (Å²) in [7, 11) is 1.76. The van der Waals surface area contributed by atoms with Gasteiger partial charge in [0, 0.05) is 37.3 Å².